The van der Waals surface area contributed by atoms with Crippen molar-refractivity contribution in [3.8, 4) is 0 Å². The van der Waals surface area contributed by atoms with Crippen molar-refractivity contribution in [2.45, 2.75) is 25.1 Å². The second-order valence-electron chi connectivity index (χ2n) is 3.06. The Morgan fingerprint density at radius 1 is 1.42 bits per heavy atom. The molecule has 0 aromatic rings. The van der Waals surface area contributed by atoms with Gasteiger partial charge < -0.3 is 10.4 Å². The van der Waals surface area contributed by atoms with Crippen LogP contribution in [-0.4, -0.2) is 30.5 Å². The highest BCUT2D eigenvalue weighted by Crippen LogP contribution is 2.30. The summed E-state index contributed by atoms with van der Waals surface area (Å²) in [5.74, 6) is -0.668. The Morgan fingerprint density at radius 2 is 2.08 bits per heavy atom. The smallest absolute Gasteiger partial charge is 0.396 e. The quantitative estimate of drug-likeness (QED) is 0.633. The van der Waals surface area contributed by atoms with E-state index in [2.05, 4.69) is 5.32 Å². The van der Waals surface area contributed by atoms with Gasteiger partial charge in [0.25, 0.3) is 0 Å². The van der Waals surface area contributed by atoms with E-state index in [1.807, 2.05) is 0 Å². The van der Waals surface area contributed by atoms with E-state index in [1.54, 1.807) is 0 Å². The molecular weight excluding hydrogens is 171 g/mol. The number of alkyl halides is 3. The maximum absolute atomic E-state index is 12.2. The summed E-state index contributed by atoms with van der Waals surface area (Å²) in [6.45, 7) is -0.00213. The zero-order valence-corrected chi connectivity index (χ0v) is 6.56. The Kier molecular flexibility index (Phi) is 2.95. The summed E-state index contributed by atoms with van der Waals surface area (Å²) < 4.78 is 36.6. The molecule has 1 aliphatic heterocycles. The second-order valence-corrected chi connectivity index (χ2v) is 3.06. The minimum absolute atomic E-state index is 0.390. The van der Waals surface area contributed by atoms with Crippen molar-refractivity contribution in [2.24, 2.45) is 5.92 Å². The Labute approximate surface area is 68.8 Å². The van der Waals surface area contributed by atoms with Gasteiger partial charge in [0.05, 0.1) is 0 Å². The molecular formula is C7H12F3NO. The van der Waals surface area contributed by atoms with Crippen molar-refractivity contribution in [1.82, 2.24) is 5.32 Å². The Bertz CT molecular complexity index is 148. The van der Waals surface area contributed by atoms with Crippen LogP contribution in [0.1, 0.15) is 12.8 Å². The molecule has 0 bridgehead atoms. The molecule has 1 fully saturated rings. The summed E-state index contributed by atoms with van der Waals surface area (Å²) in [5, 5.41) is 11.1. The molecule has 0 spiro atoms. The first kappa shape index (κ1) is 9.80. The molecule has 1 saturated heterocycles. The molecule has 1 heterocycles. The molecule has 0 aromatic heterocycles. The first-order valence-electron chi connectivity index (χ1n) is 3.96. The van der Waals surface area contributed by atoms with Gasteiger partial charge in [-0.25, -0.2) is 0 Å². The summed E-state index contributed by atoms with van der Waals surface area (Å²) in [5.41, 5.74) is 0. The van der Waals surface area contributed by atoms with Gasteiger partial charge in [-0.05, 0) is 19.4 Å². The Balaban J connectivity index is 2.59. The third kappa shape index (κ3) is 2.10. The highest BCUT2D eigenvalue weighted by molar-refractivity contribution is 4.86. The van der Waals surface area contributed by atoms with Crippen LogP contribution in [0.2, 0.25) is 0 Å². The Hall–Kier alpha value is -0.290. The molecule has 0 unspecified atom stereocenters. The maximum Gasteiger partial charge on any atom is 0.404 e. The predicted octanol–water partition coefficient (Wildman–Crippen LogP) is 0.909. The fraction of sp³-hybridized carbons (Fsp3) is 1.00. The number of rotatable bonds is 1. The molecule has 0 aliphatic carbocycles. The zero-order valence-electron chi connectivity index (χ0n) is 6.56. The number of hydrogen-bond donors (Lipinski definition) is 2. The zero-order chi connectivity index (χ0) is 9.19. The van der Waals surface area contributed by atoms with Crippen molar-refractivity contribution in [1.29, 1.82) is 0 Å². The molecule has 0 saturated carbocycles. The Morgan fingerprint density at radius 3 is 2.50 bits per heavy atom. The maximum atomic E-state index is 12.2. The fourth-order valence-electron chi connectivity index (χ4n) is 1.53. The molecule has 0 aromatic carbocycles. The molecule has 2 N–H and O–H groups in total. The summed E-state index contributed by atoms with van der Waals surface area (Å²) >= 11 is 0. The first-order chi connectivity index (χ1) is 5.55. The summed E-state index contributed by atoms with van der Waals surface area (Å²) in [4.78, 5) is 0. The van der Waals surface area contributed by atoms with Crippen LogP contribution in [0.5, 0.6) is 0 Å². The normalized spacial score (nSPS) is 32.0. The summed E-state index contributed by atoms with van der Waals surface area (Å²) in [7, 11) is 0. The minimum atomic E-state index is -4.23. The number of aliphatic hydroxyl groups is 1. The number of aliphatic hydroxyl groups excluding tert-OH is 1. The van der Waals surface area contributed by atoms with E-state index in [0.29, 0.717) is 19.4 Å². The second kappa shape index (κ2) is 3.62. The van der Waals surface area contributed by atoms with Gasteiger partial charge in [0.1, 0.15) is 6.04 Å². The van der Waals surface area contributed by atoms with Crippen molar-refractivity contribution < 1.29 is 18.3 Å². The van der Waals surface area contributed by atoms with E-state index in [-0.39, 0.29) is 0 Å². The third-order valence-corrected chi connectivity index (χ3v) is 2.17. The third-order valence-electron chi connectivity index (χ3n) is 2.17. The van der Waals surface area contributed by atoms with E-state index in [9.17, 15) is 13.2 Å². The van der Waals surface area contributed by atoms with Gasteiger partial charge in [0, 0.05) is 12.5 Å². The number of nitrogens with one attached hydrogen (secondary N) is 1. The molecule has 0 amide bonds. The summed E-state index contributed by atoms with van der Waals surface area (Å²) in [6.07, 6.45) is -3.07. The van der Waals surface area contributed by atoms with Crippen LogP contribution in [0, 0.1) is 5.92 Å². The topological polar surface area (TPSA) is 32.3 Å². The van der Waals surface area contributed by atoms with Gasteiger partial charge in [-0.2, -0.15) is 13.2 Å². The average molecular weight is 183 g/mol. The van der Waals surface area contributed by atoms with Gasteiger partial charge in [0.15, 0.2) is 0 Å². The van der Waals surface area contributed by atoms with Crippen LogP contribution in [-0.2, 0) is 0 Å². The first-order valence-corrected chi connectivity index (χ1v) is 3.96. The molecule has 2 nitrogen and oxygen atoms in total. The lowest BCUT2D eigenvalue weighted by molar-refractivity contribution is -0.175. The van der Waals surface area contributed by atoms with E-state index in [1.165, 1.54) is 0 Å². The van der Waals surface area contributed by atoms with Crippen LogP contribution in [0.25, 0.3) is 0 Å². The van der Waals surface area contributed by atoms with Crippen LogP contribution in [0.3, 0.4) is 0 Å². The molecule has 1 rings (SSSR count). The van der Waals surface area contributed by atoms with Crippen LogP contribution >= 0.6 is 0 Å². The lowest BCUT2D eigenvalue weighted by atomic mass is 9.91. The van der Waals surface area contributed by atoms with Crippen molar-refractivity contribution >= 4 is 0 Å². The van der Waals surface area contributed by atoms with E-state index >= 15 is 0 Å². The van der Waals surface area contributed by atoms with Gasteiger partial charge in [-0.3, -0.25) is 0 Å². The number of piperidine rings is 1. The molecule has 5 heteroatoms. The van der Waals surface area contributed by atoms with Gasteiger partial charge in [-0.15, -0.1) is 0 Å². The van der Waals surface area contributed by atoms with Crippen molar-refractivity contribution in [3.05, 3.63) is 0 Å². The van der Waals surface area contributed by atoms with Gasteiger partial charge >= 0.3 is 6.18 Å². The van der Waals surface area contributed by atoms with Crippen LogP contribution in [0.4, 0.5) is 13.2 Å². The molecule has 0 radical (unpaired) electrons. The number of hydrogen-bond acceptors (Lipinski definition) is 2. The highest BCUT2D eigenvalue weighted by atomic mass is 19.4. The monoisotopic (exact) mass is 183 g/mol. The number of halogens is 3. The van der Waals surface area contributed by atoms with Gasteiger partial charge in [0.2, 0.25) is 0 Å². The van der Waals surface area contributed by atoms with Crippen LogP contribution in [0.15, 0.2) is 0 Å². The summed E-state index contributed by atoms with van der Waals surface area (Å²) in [6, 6.07) is -1.52. The van der Waals surface area contributed by atoms with E-state index in [0.717, 1.165) is 0 Å². The molecule has 2 atom stereocenters. The van der Waals surface area contributed by atoms with Crippen molar-refractivity contribution in [2.75, 3.05) is 13.2 Å². The van der Waals surface area contributed by atoms with Crippen molar-refractivity contribution in [3.63, 3.8) is 0 Å². The lowest BCUT2D eigenvalue weighted by Gasteiger charge is -2.32. The van der Waals surface area contributed by atoms with Gasteiger partial charge in [-0.1, -0.05) is 0 Å². The van der Waals surface area contributed by atoms with E-state index < -0.39 is 24.7 Å². The predicted molar refractivity (Wildman–Crippen MR) is 37.7 cm³/mol. The average Bonchev–Trinajstić information content (AvgIpc) is 2.03. The molecule has 1 aliphatic rings. The molecule has 12 heavy (non-hydrogen) atoms. The fourth-order valence-corrected chi connectivity index (χ4v) is 1.53. The van der Waals surface area contributed by atoms with Crippen LogP contribution < -0.4 is 5.32 Å². The van der Waals surface area contributed by atoms with E-state index in [4.69, 9.17) is 5.11 Å². The lowest BCUT2D eigenvalue weighted by Crippen LogP contribution is -2.52. The molecule has 72 valence electrons. The highest BCUT2D eigenvalue weighted by Gasteiger charge is 2.45. The minimum Gasteiger partial charge on any atom is -0.396 e. The standard InChI is InChI=1S/C7H12F3NO/c8-7(9,10)6-5(4-12)2-1-3-11-6/h5-6,11-12H,1-4H2/t5-,6+/m1/s1. The SMILES string of the molecule is OC[C@H]1CCCN[C@@H]1C(F)(F)F. The largest absolute Gasteiger partial charge is 0.404 e.